The summed E-state index contributed by atoms with van der Waals surface area (Å²) < 4.78 is 5.49. The van der Waals surface area contributed by atoms with Gasteiger partial charge in [-0.2, -0.15) is 0 Å². The molecule has 3 rings (SSSR count). The smallest absolute Gasteiger partial charge is 0.265 e. The number of amides is 1. The van der Waals surface area contributed by atoms with Crippen LogP contribution in [-0.2, 0) is 4.74 Å². The SMILES string of the molecule is Cc1nc(-c2ncccn2)sc1C(=O)N(C)CC1CCCOC1. The second-order valence-corrected chi connectivity index (χ2v) is 6.77. The van der Waals surface area contributed by atoms with Crippen LogP contribution in [0.25, 0.3) is 10.8 Å². The molecule has 2 aromatic heterocycles. The molecule has 1 amide bonds. The van der Waals surface area contributed by atoms with E-state index in [4.69, 9.17) is 4.74 Å². The Morgan fingerprint density at radius 1 is 1.43 bits per heavy atom. The third-order valence-corrected chi connectivity index (χ3v) is 5.02. The molecule has 1 saturated heterocycles. The van der Waals surface area contributed by atoms with E-state index in [-0.39, 0.29) is 5.91 Å². The van der Waals surface area contributed by atoms with E-state index in [2.05, 4.69) is 15.0 Å². The number of carbonyl (C=O) groups is 1. The van der Waals surface area contributed by atoms with Crippen molar-refractivity contribution in [1.82, 2.24) is 19.9 Å². The first-order valence-electron chi connectivity index (χ1n) is 7.73. The molecular weight excluding hydrogens is 312 g/mol. The molecule has 1 fully saturated rings. The minimum absolute atomic E-state index is 0.00718. The number of aromatic nitrogens is 3. The summed E-state index contributed by atoms with van der Waals surface area (Å²) in [6.45, 7) is 4.14. The van der Waals surface area contributed by atoms with Crippen LogP contribution >= 0.6 is 11.3 Å². The molecule has 0 aliphatic carbocycles. The molecular formula is C16H20N4O2S. The number of aryl methyl sites for hydroxylation is 1. The van der Waals surface area contributed by atoms with Gasteiger partial charge in [0.05, 0.1) is 12.3 Å². The summed E-state index contributed by atoms with van der Waals surface area (Å²) >= 11 is 1.35. The highest BCUT2D eigenvalue weighted by atomic mass is 32.1. The van der Waals surface area contributed by atoms with Crippen molar-refractivity contribution in [1.29, 1.82) is 0 Å². The largest absolute Gasteiger partial charge is 0.381 e. The third kappa shape index (κ3) is 3.73. The molecule has 0 saturated carbocycles. The zero-order valence-electron chi connectivity index (χ0n) is 13.4. The van der Waals surface area contributed by atoms with Gasteiger partial charge in [-0.15, -0.1) is 11.3 Å². The van der Waals surface area contributed by atoms with Gasteiger partial charge < -0.3 is 9.64 Å². The minimum Gasteiger partial charge on any atom is -0.381 e. The third-order valence-electron chi connectivity index (χ3n) is 3.88. The molecule has 7 heteroatoms. The summed E-state index contributed by atoms with van der Waals surface area (Å²) in [5, 5.41) is 0.681. The van der Waals surface area contributed by atoms with Crippen LogP contribution in [0.1, 0.15) is 28.2 Å². The van der Waals surface area contributed by atoms with Crippen LogP contribution in [0, 0.1) is 12.8 Å². The maximum atomic E-state index is 12.7. The summed E-state index contributed by atoms with van der Waals surface area (Å²) in [7, 11) is 1.84. The first-order valence-corrected chi connectivity index (χ1v) is 8.55. The Balaban J connectivity index is 1.73. The Hall–Kier alpha value is -1.86. The number of thiazole rings is 1. The molecule has 1 aliphatic rings. The van der Waals surface area contributed by atoms with Gasteiger partial charge in [-0.1, -0.05) is 0 Å². The van der Waals surface area contributed by atoms with Crippen LogP contribution < -0.4 is 0 Å². The lowest BCUT2D eigenvalue weighted by molar-refractivity contribution is 0.0389. The van der Waals surface area contributed by atoms with Crippen molar-refractivity contribution < 1.29 is 9.53 Å². The Kier molecular flexibility index (Phi) is 4.97. The Bertz CT molecular complexity index is 668. The first kappa shape index (κ1) is 16.0. The number of carbonyl (C=O) groups excluding carboxylic acids is 1. The maximum absolute atomic E-state index is 12.7. The fourth-order valence-corrected chi connectivity index (χ4v) is 3.70. The van der Waals surface area contributed by atoms with Gasteiger partial charge in [0.25, 0.3) is 5.91 Å². The molecule has 6 nitrogen and oxygen atoms in total. The second-order valence-electron chi connectivity index (χ2n) is 5.77. The van der Waals surface area contributed by atoms with Crippen LogP contribution in [0.3, 0.4) is 0 Å². The highest BCUT2D eigenvalue weighted by Gasteiger charge is 2.23. The molecule has 0 spiro atoms. The Morgan fingerprint density at radius 3 is 2.91 bits per heavy atom. The van der Waals surface area contributed by atoms with Crippen molar-refractivity contribution in [3.8, 4) is 10.8 Å². The second kappa shape index (κ2) is 7.14. The molecule has 0 aromatic carbocycles. The predicted octanol–water partition coefficient (Wildman–Crippen LogP) is 2.41. The molecule has 0 bridgehead atoms. The quantitative estimate of drug-likeness (QED) is 0.860. The summed E-state index contributed by atoms with van der Waals surface area (Å²) in [6, 6.07) is 1.76. The Labute approximate surface area is 139 Å². The van der Waals surface area contributed by atoms with Gasteiger partial charge in [-0.05, 0) is 31.7 Å². The number of hydrogen-bond acceptors (Lipinski definition) is 6. The molecule has 23 heavy (non-hydrogen) atoms. The molecule has 2 aromatic rings. The standard InChI is InChI=1S/C16H20N4O2S/c1-11-13(23-15(19-11)14-17-6-4-7-18-14)16(21)20(2)9-12-5-3-8-22-10-12/h4,6-7,12H,3,5,8-10H2,1-2H3. The van der Waals surface area contributed by atoms with Crippen molar-refractivity contribution in [2.24, 2.45) is 5.92 Å². The Morgan fingerprint density at radius 2 is 2.22 bits per heavy atom. The lowest BCUT2D eigenvalue weighted by Gasteiger charge is -2.26. The van der Waals surface area contributed by atoms with Gasteiger partial charge in [-0.3, -0.25) is 4.79 Å². The van der Waals surface area contributed by atoms with E-state index in [1.54, 1.807) is 23.4 Å². The van der Waals surface area contributed by atoms with E-state index in [9.17, 15) is 4.79 Å². The van der Waals surface area contributed by atoms with Gasteiger partial charge >= 0.3 is 0 Å². The van der Waals surface area contributed by atoms with E-state index in [1.807, 2.05) is 14.0 Å². The van der Waals surface area contributed by atoms with Gasteiger partial charge in [0.1, 0.15) is 4.88 Å². The fraction of sp³-hybridized carbons (Fsp3) is 0.500. The van der Waals surface area contributed by atoms with Crippen LogP contribution in [0.2, 0.25) is 0 Å². The molecule has 0 N–H and O–H groups in total. The number of hydrogen-bond donors (Lipinski definition) is 0. The normalized spacial score (nSPS) is 17.9. The van der Waals surface area contributed by atoms with Crippen LogP contribution in [0.15, 0.2) is 18.5 Å². The van der Waals surface area contributed by atoms with Crippen molar-refractivity contribution in [3.05, 3.63) is 29.0 Å². The molecule has 122 valence electrons. The first-order chi connectivity index (χ1) is 11.1. The van der Waals surface area contributed by atoms with Crippen molar-refractivity contribution in [2.75, 3.05) is 26.8 Å². The highest BCUT2D eigenvalue weighted by Crippen LogP contribution is 2.26. The van der Waals surface area contributed by atoms with E-state index >= 15 is 0 Å². The minimum atomic E-state index is 0.00718. The van der Waals surface area contributed by atoms with E-state index < -0.39 is 0 Å². The molecule has 1 aliphatic heterocycles. The number of rotatable bonds is 4. The summed E-state index contributed by atoms with van der Waals surface area (Å²) in [5.74, 6) is 0.985. The number of ether oxygens (including phenoxy) is 1. The van der Waals surface area contributed by atoms with Crippen molar-refractivity contribution >= 4 is 17.2 Å². The average molecular weight is 332 g/mol. The monoisotopic (exact) mass is 332 g/mol. The summed E-state index contributed by atoms with van der Waals surface area (Å²) in [4.78, 5) is 28.0. The lowest BCUT2D eigenvalue weighted by Crippen LogP contribution is -2.35. The molecule has 1 unspecified atom stereocenters. The molecule has 3 heterocycles. The van der Waals surface area contributed by atoms with Gasteiger partial charge in [-0.25, -0.2) is 15.0 Å². The molecule has 0 radical (unpaired) electrons. The highest BCUT2D eigenvalue weighted by molar-refractivity contribution is 7.17. The maximum Gasteiger partial charge on any atom is 0.265 e. The van der Waals surface area contributed by atoms with Gasteiger partial charge in [0, 0.05) is 32.6 Å². The van der Waals surface area contributed by atoms with E-state index in [0.717, 1.165) is 31.7 Å². The molecule has 1 atom stereocenters. The van der Waals surface area contributed by atoms with Crippen molar-refractivity contribution in [3.63, 3.8) is 0 Å². The van der Waals surface area contributed by atoms with Gasteiger partial charge in [0.15, 0.2) is 10.8 Å². The van der Waals surface area contributed by atoms with E-state index in [0.29, 0.717) is 28.2 Å². The van der Waals surface area contributed by atoms with Crippen molar-refractivity contribution in [2.45, 2.75) is 19.8 Å². The topological polar surface area (TPSA) is 68.2 Å². The van der Waals surface area contributed by atoms with E-state index in [1.165, 1.54) is 11.3 Å². The zero-order chi connectivity index (χ0) is 16.2. The van der Waals surface area contributed by atoms with Crippen LogP contribution in [0.5, 0.6) is 0 Å². The van der Waals surface area contributed by atoms with Gasteiger partial charge in [0.2, 0.25) is 0 Å². The predicted molar refractivity (Wildman–Crippen MR) is 88.4 cm³/mol. The summed E-state index contributed by atoms with van der Waals surface area (Å²) in [5.41, 5.74) is 0.731. The summed E-state index contributed by atoms with van der Waals surface area (Å²) in [6.07, 6.45) is 5.54. The number of nitrogens with zero attached hydrogens (tertiary/aromatic N) is 4. The lowest BCUT2D eigenvalue weighted by atomic mass is 10.0. The average Bonchev–Trinajstić information content (AvgIpc) is 2.97. The fourth-order valence-electron chi connectivity index (χ4n) is 2.69. The van der Waals surface area contributed by atoms with Crippen LogP contribution in [0.4, 0.5) is 0 Å². The zero-order valence-corrected chi connectivity index (χ0v) is 14.2. The van der Waals surface area contributed by atoms with Crippen LogP contribution in [-0.4, -0.2) is 52.6 Å².